The Kier molecular flexibility index (Phi) is 11.4. The Morgan fingerprint density at radius 2 is 1.55 bits per heavy atom. The van der Waals surface area contributed by atoms with Crippen LogP contribution in [-0.4, -0.2) is 35.0 Å². The van der Waals surface area contributed by atoms with Crippen LogP contribution in [0, 0.1) is 11.8 Å². The van der Waals surface area contributed by atoms with Crippen LogP contribution >= 0.6 is 11.8 Å². The number of amides is 2. The van der Waals surface area contributed by atoms with E-state index in [1.807, 2.05) is 11.8 Å². The molecule has 2 saturated carbocycles. The molecule has 2 aliphatic rings. The van der Waals surface area contributed by atoms with Crippen LogP contribution in [0.25, 0.3) is 0 Å². The van der Waals surface area contributed by atoms with Crippen molar-refractivity contribution in [2.75, 3.05) is 23.4 Å². The molecule has 1 N–H and O–H groups in total. The van der Waals surface area contributed by atoms with Gasteiger partial charge in [-0.2, -0.15) is 11.8 Å². The number of thioether (sulfide) groups is 1. The summed E-state index contributed by atoms with van der Waals surface area (Å²) in [4.78, 5) is 15.9. The van der Waals surface area contributed by atoms with E-state index >= 15 is 0 Å². The number of nitrogens with one attached hydrogen (secondary N) is 1. The zero-order valence-electron chi connectivity index (χ0n) is 21.5. The number of aryl methyl sites for hydroxylation is 2. The van der Waals surface area contributed by atoms with Gasteiger partial charge in [-0.3, -0.25) is 0 Å². The maximum absolute atomic E-state index is 13.7. The largest absolute Gasteiger partial charge is 0.322 e. The molecule has 0 aromatic heterocycles. The zero-order chi connectivity index (χ0) is 23.5. The molecule has 2 aliphatic carbocycles. The monoisotopic (exact) mass is 472 g/mol. The SMILES string of the molecule is CCCCSCCN(C(=O)Nc1c(CC)cccc1CC)[C@H]1CC[C@H](C2CCCCC2)CC1. The van der Waals surface area contributed by atoms with Gasteiger partial charge in [-0.05, 0) is 73.7 Å². The van der Waals surface area contributed by atoms with Gasteiger partial charge in [0.25, 0.3) is 0 Å². The topological polar surface area (TPSA) is 32.3 Å². The van der Waals surface area contributed by atoms with Crippen LogP contribution in [0.5, 0.6) is 0 Å². The van der Waals surface area contributed by atoms with Gasteiger partial charge in [0.15, 0.2) is 0 Å². The van der Waals surface area contributed by atoms with Crippen molar-refractivity contribution in [3.8, 4) is 0 Å². The fourth-order valence-electron chi connectivity index (χ4n) is 6.03. The molecule has 0 bridgehead atoms. The van der Waals surface area contributed by atoms with E-state index in [9.17, 15) is 4.79 Å². The second-order valence-corrected chi connectivity index (χ2v) is 11.4. The summed E-state index contributed by atoms with van der Waals surface area (Å²) in [6.07, 6.45) is 16.6. The second-order valence-electron chi connectivity index (χ2n) is 10.2. The molecule has 0 aliphatic heterocycles. The second kappa shape index (κ2) is 14.3. The highest BCUT2D eigenvalue weighted by Crippen LogP contribution is 2.39. The molecule has 1 aromatic carbocycles. The minimum absolute atomic E-state index is 0.128. The van der Waals surface area contributed by atoms with Gasteiger partial charge in [0.05, 0.1) is 0 Å². The molecular weight excluding hydrogens is 424 g/mol. The molecule has 186 valence electrons. The normalized spacial score (nSPS) is 21.7. The van der Waals surface area contributed by atoms with E-state index in [0.717, 1.165) is 42.7 Å². The van der Waals surface area contributed by atoms with Crippen molar-refractivity contribution < 1.29 is 4.79 Å². The van der Waals surface area contributed by atoms with Crippen molar-refractivity contribution in [3.05, 3.63) is 29.3 Å². The first-order valence-electron chi connectivity index (χ1n) is 13.9. The molecule has 2 fully saturated rings. The van der Waals surface area contributed by atoms with Crippen LogP contribution in [-0.2, 0) is 12.8 Å². The summed E-state index contributed by atoms with van der Waals surface area (Å²) in [5.41, 5.74) is 3.56. The van der Waals surface area contributed by atoms with Gasteiger partial charge < -0.3 is 10.2 Å². The minimum Gasteiger partial charge on any atom is -0.321 e. The molecule has 0 saturated heterocycles. The predicted molar refractivity (Wildman–Crippen MR) is 145 cm³/mol. The highest BCUT2D eigenvalue weighted by molar-refractivity contribution is 7.99. The number of hydrogen-bond acceptors (Lipinski definition) is 2. The number of benzene rings is 1. The summed E-state index contributed by atoms with van der Waals surface area (Å²) in [5.74, 6) is 4.11. The zero-order valence-corrected chi connectivity index (χ0v) is 22.4. The summed E-state index contributed by atoms with van der Waals surface area (Å²) in [7, 11) is 0. The van der Waals surface area contributed by atoms with Gasteiger partial charge in [-0.25, -0.2) is 4.79 Å². The van der Waals surface area contributed by atoms with Gasteiger partial charge in [-0.1, -0.05) is 77.5 Å². The number of carbonyl (C=O) groups excluding carboxylic acids is 1. The molecule has 33 heavy (non-hydrogen) atoms. The van der Waals surface area contributed by atoms with Gasteiger partial charge in [0, 0.05) is 24.0 Å². The predicted octanol–water partition coefficient (Wildman–Crippen LogP) is 8.32. The summed E-state index contributed by atoms with van der Waals surface area (Å²) < 4.78 is 0. The average molecular weight is 473 g/mol. The van der Waals surface area contributed by atoms with E-state index in [2.05, 4.69) is 49.2 Å². The number of hydrogen-bond donors (Lipinski definition) is 1. The van der Waals surface area contributed by atoms with Gasteiger partial charge >= 0.3 is 6.03 Å². The van der Waals surface area contributed by atoms with Crippen molar-refractivity contribution in [2.24, 2.45) is 11.8 Å². The molecule has 0 spiro atoms. The van der Waals surface area contributed by atoms with E-state index in [-0.39, 0.29) is 6.03 Å². The van der Waals surface area contributed by atoms with Crippen molar-refractivity contribution in [2.45, 2.75) is 110 Å². The Balaban J connectivity index is 1.65. The van der Waals surface area contributed by atoms with E-state index in [4.69, 9.17) is 0 Å². The summed E-state index contributed by atoms with van der Waals surface area (Å²) in [5, 5.41) is 3.38. The molecule has 1 aromatic rings. The van der Waals surface area contributed by atoms with Crippen molar-refractivity contribution in [1.82, 2.24) is 4.90 Å². The third-order valence-corrected chi connectivity index (χ3v) is 9.16. The molecule has 0 heterocycles. The van der Waals surface area contributed by atoms with E-state index < -0.39 is 0 Å². The first kappa shape index (κ1) is 26.4. The molecule has 3 nitrogen and oxygen atoms in total. The highest BCUT2D eigenvalue weighted by Gasteiger charge is 2.32. The van der Waals surface area contributed by atoms with Crippen molar-refractivity contribution in [1.29, 1.82) is 0 Å². The number of anilines is 1. The van der Waals surface area contributed by atoms with Crippen LogP contribution < -0.4 is 5.32 Å². The Hall–Kier alpha value is -1.16. The molecular formula is C29H48N2OS. The number of urea groups is 1. The third kappa shape index (κ3) is 7.67. The molecule has 3 rings (SSSR count). The molecule has 0 atom stereocenters. The van der Waals surface area contributed by atoms with Gasteiger partial charge in [0.1, 0.15) is 0 Å². The fourth-order valence-corrected chi connectivity index (χ4v) is 7.06. The standard InChI is InChI=1S/C29H48N2OS/c1-4-7-21-33-22-20-31(27-18-16-26(17-19-27)25-12-9-8-10-13-25)29(32)30-28-23(5-2)14-11-15-24(28)6-3/h11,14-15,25-27H,4-10,12-13,16-22H2,1-3H3,(H,30,32)/t26-,27-. The number of unbranched alkanes of at least 4 members (excludes halogenated alkanes) is 1. The Morgan fingerprint density at radius 3 is 2.15 bits per heavy atom. The van der Waals surface area contributed by atoms with Crippen molar-refractivity contribution in [3.63, 3.8) is 0 Å². The lowest BCUT2D eigenvalue weighted by Crippen LogP contribution is -2.46. The summed E-state index contributed by atoms with van der Waals surface area (Å²) >= 11 is 2.01. The maximum Gasteiger partial charge on any atom is 0.322 e. The number of carbonyl (C=O) groups is 1. The molecule has 2 amide bonds. The van der Waals surface area contributed by atoms with E-state index in [1.54, 1.807) is 0 Å². The molecule has 0 unspecified atom stereocenters. The lowest BCUT2D eigenvalue weighted by atomic mass is 9.72. The van der Waals surface area contributed by atoms with Crippen LogP contribution in [0.15, 0.2) is 18.2 Å². The number of rotatable bonds is 11. The van der Waals surface area contributed by atoms with Crippen LogP contribution in [0.2, 0.25) is 0 Å². The molecule has 4 heteroatoms. The van der Waals surface area contributed by atoms with E-state index in [0.29, 0.717) is 6.04 Å². The van der Waals surface area contributed by atoms with E-state index in [1.165, 1.54) is 87.5 Å². The minimum atomic E-state index is 0.128. The fraction of sp³-hybridized carbons (Fsp3) is 0.759. The number of nitrogens with zero attached hydrogens (tertiary/aromatic N) is 1. The average Bonchev–Trinajstić information content (AvgIpc) is 2.87. The van der Waals surface area contributed by atoms with Crippen LogP contribution in [0.4, 0.5) is 10.5 Å². The smallest absolute Gasteiger partial charge is 0.321 e. The lowest BCUT2D eigenvalue weighted by molar-refractivity contribution is 0.127. The number of para-hydroxylation sites is 1. The lowest BCUT2D eigenvalue weighted by Gasteiger charge is -2.40. The third-order valence-electron chi connectivity index (χ3n) is 8.11. The quantitative estimate of drug-likeness (QED) is 0.328. The first-order valence-corrected chi connectivity index (χ1v) is 15.1. The maximum atomic E-state index is 13.7. The first-order chi connectivity index (χ1) is 16.2. The van der Waals surface area contributed by atoms with Gasteiger partial charge in [0.2, 0.25) is 0 Å². The Bertz CT molecular complexity index is 685. The van der Waals surface area contributed by atoms with Gasteiger partial charge in [-0.15, -0.1) is 0 Å². The highest BCUT2D eigenvalue weighted by atomic mass is 32.2. The summed E-state index contributed by atoms with van der Waals surface area (Å²) in [6.45, 7) is 7.48. The molecule has 0 radical (unpaired) electrons. The van der Waals surface area contributed by atoms with Crippen molar-refractivity contribution >= 4 is 23.5 Å². The van der Waals surface area contributed by atoms with Crippen LogP contribution in [0.3, 0.4) is 0 Å². The summed E-state index contributed by atoms with van der Waals surface area (Å²) in [6, 6.07) is 6.98. The Labute approximate surface area is 207 Å². The van der Waals surface area contributed by atoms with Crippen LogP contribution in [0.1, 0.15) is 103 Å². The Morgan fingerprint density at radius 1 is 0.909 bits per heavy atom.